The molecule has 0 spiro atoms. The van der Waals surface area contributed by atoms with Gasteiger partial charge in [-0.3, -0.25) is 4.79 Å². The first-order chi connectivity index (χ1) is 10.9. The molecule has 1 atom stereocenters. The van der Waals surface area contributed by atoms with Crippen LogP contribution in [0.25, 0.3) is 0 Å². The van der Waals surface area contributed by atoms with E-state index in [-0.39, 0.29) is 17.4 Å². The lowest BCUT2D eigenvalue weighted by molar-refractivity contribution is -0.123. The smallest absolute Gasteiger partial charge is 0.222 e. The minimum Gasteiger partial charge on any atom is -0.381 e. The first kappa shape index (κ1) is 22.3. The molecule has 0 unspecified atom stereocenters. The van der Waals surface area contributed by atoms with Crippen molar-refractivity contribution in [2.45, 2.75) is 46.6 Å². The maximum absolute atomic E-state index is 11.7. The molecule has 23 heavy (non-hydrogen) atoms. The van der Waals surface area contributed by atoms with E-state index in [9.17, 15) is 4.79 Å². The summed E-state index contributed by atoms with van der Waals surface area (Å²) in [4.78, 5) is 11.7. The van der Waals surface area contributed by atoms with Gasteiger partial charge >= 0.3 is 0 Å². The molecular formula is C17H36N2O4. The van der Waals surface area contributed by atoms with Crippen molar-refractivity contribution in [3.8, 4) is 0 Å². The van der Waals surface area contributed by atoms with Crippen molar-refractivity contribution >= 4 is 5.91 Å². The minimum atomic E-state index is 0.0439. The largest absolute Gasteiger partial charge is 0.381 e. The Labute approximate surface area is 141 Å². The summed E-state index contributed by atoms with van der Waals surface area (Å²) >= 11 is 0. The molecule has 0 aromatic rings. The van der Waals surface area contributed by atoms with E-state index < -0.39 is 0 Å². The van der Waals surface area contributed by atoms with E-state index in [1.807, 2.05) is 14.0 Å². The van der Waals surface area contributed by atoms with Gasteiger partial charge in [0.05, 0.1) is 26.4 Å². The summed E-state index contributed by atoms with van der Waals surface area (Å²) < 4.78 is 16.2. The molecule has 0 aliphatic carbocycles. The maximum atomic E-state index is 11.7. The average Bonchev–Trinajstić information content (AvgIpc) is 2.47. The normalized spacial score (nSPS) is 13.1. The van der Waals surface area contributed by atoms with Crippen molar-refractivity contribution in [3.05, 3.63) is 0 Å². The highest BCUT2D eigenvalue weighted by Crippen LogP contribution is 2.18. The molecule has 138 valence electrons. The molecule has 0 aliphatic heterocycles. The van der Waals surface area contributed by atoms with Crippen molar-refractivity contribution < 1.29 is 19.0 Å². The number of carbonyl (C=O) groups is 1. The van der Waals surface area contributed by atoms with E-state index in [2.05, 4.69) is 31.4 Å². The van der Waals surface area contributed by atoms with E-state index >= 15 is 0 Å². The molecule has 0 aromatic heterocycles. The number of carbonyl (C=O) groups excluding carboxylic acids is 1. The summed E-state index contributed by atoms with van der Waals surface area (Å²) in [6.45, 7) is 12.9. The number of hydrogen-bond acceptors (Lipinski definition) is 5. The second-order valence-corrected chi connectivity index (χ2v) is 6.70. The topological polar surface area (TPSA) is 68.8 Å². The van der Waals surface area contributed by atoms with Gasteiger partial charge in [0, 0.05) is 32.2 Å². The van der Waals surface area contributed by atoms with Crippen molar-refractivity contribution in [2.75, 3.05) is 53.2 Å². The highest BCUT2D eigenvalue weighted by Gasteiger charge is 2.21. The fourth-order valence-electron chi connectivity index (χ4n) is 1.56. The van der Waals surface area contributed by atoms with Crippen LogP contribution in [0.4, 0.5) is 0 Å². The van der Waals surface area contributed by atoms with Crippen LogP contribution in [0.3, 0.4) is 0 Å². The van der Waals surface area contributed by atoms with Crippen LogP contribution in [0.5, 0.6) is 0 Å². The molecule has 2 N–H and O–H groups in total. The molecular weight excluding hydrogens is 296 g/mol. The third-order valence-corrected chi connectivity index (χ3v) is 3.60. The molecule has 0 radical (unpaired) electrons. The summed E-state index contributed by atoms with van der Waals surface area (Å²) in [7, 11) is 1.90. The molecule has 0 fully saturated rings. The molecule has 0 aromatic carbocycles. The second kappa shape index (κ2) is 13.7. The Morgan fingerprint density at radius 3 is 2.09 bits per heavy atom. The first-order valence-corrected chi connectivity index (χ1v) is 8.55. The van der Waals surface area contributed by atoms with Gasteiger partial charge in [0.15, 0.2) is 0 Å². The van der Waals surface area contributed by atoms with Gasteiger partial charge in [-0.2, -0.15) is 0 Å². The molecule has 0 bridgehead atoms. The Kier molecular flexibility index (Phi) is 13.3. The first-order valence-electron chi connectivity index (χ1n) is 8.55. The summed E-state index contributed by atoms with van der Waals surface area (Å²) in [5.41, 5.74) is 0.0740. The molecule has 0 saturated carbocycles. The van der Waals surface area contributed by atoms with Crippen molar-refractivity contribution in [2.24, 2.45) is 5.41 Å². The fraction of sp³-hybridized carbons (Fsp3) is 0.941. The van der Waals surface area contributed by atoms with Crippen LogP contribution in [-0.4, -0.2) is 65.2 Å². The van der Waals surface area contributed by atoms with E-state index in [1.54, 1.807) is 0 Å². The molecule has 0 rings (SSSR count). The standard InChI is InChI=1S/C17H36N2O4/c1-15(17(2,3)4)19-16(20)7-11-21-9-6-10-22-13-14-23-12-8-18-5/h15,18H,6-14H2,1-5H3,(H,19,20)/t15-/m1/s1. The van der Waals surface area contributed by atoms with E-state index in [0.717, 1.165) is 13.0 Å². The number of amides is 1. The highest BCUT2D eigenvalue weighted by molar-refractivity contribution is 5.76. The van der Waals surface area contributed by atoms with Gasteiger partial charge < -0.3 is 24.8 Å². The zero-order valence-corrected chi connectivity index (χ0v) is 15.6. The zero-order valence-electron chi connectivity index (χ0n) is 15.6. The van der Waals surface area contributed by atoms with Crippen LogP contribution in [0.2, 0.25) is 0 Å². The summed E-state index contributed by atoms with van der Waals surface area (Å²) in [5, 5.41) is 6.01. The Hall–Kier alpha value is -0.690. The minimum absolute atomic E-state index is 0.0439. The van der Waals surface area contributed by atoms with Crippen LogP contribution in [0.15, 0.2) is 0 Å². The third-order valence-electron chi connectivity index (χ3n) is 3.60. The summed E-state index contributed by atoms with van der Waals surface area (Å²) in [6, 6.07) is 0.152. The summed E-state index contributed by atoms with van der Waals surface area (Å²) in [5.74, 6) is 0.0439. The van der Waals surface area contributed by atoms with Gasteiger partial charge in [0.1, 0.15) is 0 Å². The van der Waals surface area contributed by atoms with Gasteiger partial charge in [-0.05, 0) is 25.8 Å². The lowest BCUT2D eigenvalue weighted by atomic mass is 9.88. The number of hydrogen-bond donors (Lipinski definition) is 2. The molecule has 6 nitrogen and oxygen atoms in total. The molecule has 0 aliphatic rings. The monoisotopic (exact) mass is 332 g/mol. The predicted octanol–water partition coefficient (Wildman–Crippen LogP) is 1.59. The predicted molar refractivity (Wildman–Crippen MR) is 92.7 cm³/mol. The molecule has 0 heterocycles. The summed E-state index contributed by atoms with van der Waals surface area (Å²) in [6.07, 6.45) is 1.23. The van der Waals surface area contributed by atoms with Crippen molar-refractivity contribution in [1.29, 1.82) is 0 Å². The van der Waals surface area contributed by atoms with Gasteiger partial charge in [0.2, 0.25) is 5.91 Å². The molecule has 0 saturated heterocycles. The number of rotatable bonds is 14. The number of nitrogens with one attached hydrogen (secondary N) is 2. The van der Waals surface area contributed by atoms with Gasteiger partial charge in [-0.1, -0.05) is 20.8 Å². The Balaban J connectivity index is 3.31. The third kappa shape index (κ3) is 14.6. The zero-order chi connectivity index (χ0) is 17.6. The van der Waals surface area contributed by atoms with E-state index in [0.29, 0.717) is 46.1 Å². The fourth-order valence-corrected chi connectivity index (χ4v) is 1.56. The van der Waals surface area contributed by atoms with Gasteiger partial charge in [0.25, 0.3) is 0 Å². The quantitative estimate of drug-likeness (QED) is 0.473. The number of ether oxygens (including phenoxy) is 3. The van der Waals surface area contributed by atoms with E-state index in [4.69, 9.17) is 14.2 Å². The second-order valence-electron chi connectivity index (χ2n) is 6.70. The number of likely N-dealkylation sites (N-methyl/N-ethyl adjacent to an activating group) is 1. The lowest BCUT2D eigenvalue weighted by Crippen LogP contribution is -2.41. The Morgan fingerprint density at radius 1 is 0.957 bits per heavy atom. The van der Waals surface area contributed by atoms with Crippen LogP contribution >= 0.6 is 0 Å². The van der Waals surface area contributed by atoms with Crippen molar-refractivity contribution in [1.82, 2.24) is 10.6 Å². The Bertz CT molecular complexity index is 293. The van der Waals surface area contributed by atoms with E-state index in [1.165, 1.54) is 0 Å². The Morgan fingerprint density at radius 2 is 1.52 bits per heavy atom. The lowest BCUT2D eigenvalue weighted by Gasteiger charge is -2.28. The van der Waals surface area contributed by atoms with Crippen LogP contribution in [0, 0.1) is 5.41 Å². The SMILES string of the molecule is CNCCOCCOCCCOCCC(=O)N[C@H](C)C(C)(C)C. The van der Waals surface area contributed by atoms with Crippen LogP contribution in [-0.2, 0) is 19.0 Å². The van der Waals surface area contributed by atoms with Crippen LogP contribution < -0.4 is 10.6 Å². The molecule has 1 amide bonds. The molecule has 6 heteroatoms. The van der Waals surface area contributed by atoms with Gasteiger partial charge in [-0.15, -0.1) is 0 Å². The van der Waals surface area contributed by atoms with Crippen LogP contribution in [0.1, 0.15) is 40.5 Å². The van der Waals surface area contributed by atoms with Crippen molar-refractivity contribution in [3.63, 3.8) is 0 Å². The average molecular weight is 332 g/mol. The highest BCUT2D eigenvalue weighted by atomic mass is 16.5. The maximum Gasteiger partial charge on any atom is 0.222 e. The van der Waals surface area contributed by atoms with Gasteiger partial charge in [-0.25, -0.2) is 0 Å².